The van der Waals surface area contributed by atoms with Crippen LogP contribution in [0.3, 0.4) is 0 Å². The second-order valence-electron chi connectivity index (χ2n) is 6.30. The number of unbranched alkanes of at least 4 members (excludes halogenated alkanes) is 12. The Labute approximate surface area is 133 Å². The van der Waals surface area contributed by atoms with Crippen LogP contribution in [0.4, 0.5) is 0 Å². The van der Waals surface area contributed by atoms with E-state index in [0.29, 0.717) is 5.78 Å². The van der Waals surface area contributed by atoms with E-state index in [-0.39, 0.29) is 0 Å². The first-order chi connectivity index (χ1) is 10.3. The fourth-order valence-electron chi connectivity index (χ4n) is 2.60. The van der Waals surface area contributed by atoms with Gasteiger partial charge < -0.3 is 0 Å². The van der Waals surface area contributed by atoms with Crippen LogP contribution in [0.15, 0.2) is 12.2 Å². The van der Waals surface area contributed by atoms with Gasteiger partial charge in [0.25, 0.3) is 0 Å². The molecule has 0 bridgehead atoms. The normalized spacial score (nSPS) is 11.3. The van der Waals surface area contributed by atoms with E-state index in [9.17, 15) is 4.79 Å². The first-order valence-corrected chi connectivity index (χ1v) is 9.50. The molecule has 0 aliphatic rings. The maximum atomic E-state index is 11.7. The zero-order chi connectivity index (χ0) is 15.6. The third kappa shape index (κ3) is 17.4. The van der Waals surface area contributed by atoms with Gasteiger partial charge in [0.15, 0.2) is 5.78 Å². The minimum atomic E-state index is 0.328. The van der Waals surface area contributed by atoms with Gasteiger partial charge in [-0.3, -0.25) is 4.79 Å². The Bertz CT molecular complexity index is 242. The number of allylic oxidation sites excluding steroid dienone is 2. The number of hydrogen-bond donors (Lipinski definition) is 0. The van der Waals surface area contributed by atoms with Crippen LogP contribution in [0, 0.1) is 0 Å². The van der Waals surface area contributed by atoms with E-state index in [1.807, 2.05) is 6.08 Å². The summed E-state index contributed by atoms with van der Waals surface area (Å²) in [7, 11) is 0. The molecule has 0 spiro atoms. The molecule has 0 aromatic carbocycles. The lowest BCUT2D eigenvalue weighted by Crippen LogP contribution is -1.92. The summed E-state index contributed by atoms with van der Waals surface area (Å²) in [6.07, 6.45) is 22.7. The predicted molar refractivity (Wildman–Crippen MR) is 94.8 cm³/mol. The highest BCUT2D eigenvalue weighted by Crippen LogP contribution is 2.10. The Morgan fingerprint density at radius 3 is 1.71 bits per heavy atom. The molecule has 0 aromatic rings. The Morgan fingerprint density at radius 2 is 1.14 bits per heavy atom. The third-order valence-electron chi connectivity index (χ3n) is 4.05. The quantitative estimate of drug-likeness (QED) is 0.221. The van der Waals surface area contributed by atoms with Gasteiger partial charge in [0, 0.05) is 6.42 Å². The molecular formula is C20H38O. The highest BCUT2D eigenvalue weighted by atomic mass is 16.1. The van der Waals surface area contributed by atoms with Gasteiger partial charge in [-0.2, -0.15) is 0 Å². The van der Waals surface area contributed by atoms with Crippen molar-refractivity contribution in [3.05, 3.63) is 12.2 Å². The molecule has 0 heterocycles. The van der Waals surface area contributed by atoms with Crippen molar-refractivity contribution >= 4 is 5.78 Å². The average molecular weight is 295 g/mol. The largest absolute Gasteiger partial charge is 0.295 e. The molecule has 0 aromatic heterocycles. The van der Waals surface area contributed by atoms with Gasteiger partial charge >= 0.3 is 0 Å². The van der Waals surface area contributed by atoms with Crippen molar-refractivity contribution in [1.82, 2.24) is 0 Å². The lowest BCUT2D eigenvalue weighted by molar-refractivity contribution is -0.114. The van der Waals surface area contributed by atoms with Crippen LogP contribution in [0.25, 0.3) is 0 Å². The summed E-state index contributed by atoms with van der Waals surface area (Å²) in [5.74, 6) is 0.328. The summed E-state index contributed by atoms with van der Waals surface area (Å²) in [4.78, 5) is 11.7. The molecule has 0 aliphatic carbocycles. The fourth-order valence-corrected chi connectivity index (χ4v) is 2.60. The SMILES string of the molecule is CCCCCCCC/C=C/C(=O)CCCCCCCCC. The van der Waals surface area contributed by atoms with Crippen molar-refractivity contribution in [1.29, 1.82) is 0 Å². The van der Waals surface area contributed by atoms with Crippen LogP contribution in [0.5, 0.6) is 0 Å². The molecule has 1 heteroatoms. The van der Waals surface area contributed by atoms with E-state index in [1.165, 1.54) is 77.0 Å². The summed E-state index contributed by atoms with van der Waals surface area (Å²) in [5.41, 5.74) is 0. The second-order valence-corrected chi connectivity index (χ2v) is 6.30. The molecule has 0 aliphatic heterocycles. The Kier molecular flexibility index (Phi) is 17.0. The number of ketones is 1. The molecule has 0 radical (unpaired) electrons. The zero-order valence-corrected chi connectivity index (χ0v) is 14.7. The third-order valence-corrected chi connectivity index (χ3v) is 4.05. The summed E-state index contributed by atoms with van der Waals surface area (Å²) in [5, 5.41) is 0. The second kappa shape index (κ2) is 17.5. The van der Waals surface area contributed by atoms with Gasteiger partial charge in [-0.25, -0.2) is 0 Å². The summed E-state index contributed by atoms with van der Waals surface area (Å²) in [6.45, 7) is 4.50. The molecule has 0 rings (SSSR count). The maximum Gasteiger partial charge on any atom is 0.155 e. The maximum absolute atomic E-state index is 11.7. The molecule has 21 heavy (non-hydrogen) atoms. The lowest BCUT2D eigenvalue weighted by atomic mass is 10.1. The fraction of sp³-hybridized carbons (Fsp3) is 0.850. The Hall–Kier alpha value is -0.590. The topological polar surface area (TPSA) is 17.1 Å². The van der Waals surface area contributed by atoms with Crippen LogP contribution in [0.1, 0.15) is 110 Å². The molecule has 0 fully saturated rings. The van der Waals surface area contributed by atoms with Crippen molar-refractivity contribution in [3.63, 3.8) is 0 Å². The number of carbonyl (C=O) groups is 1. The average Bonchev–Trinajstić information content (AvgIpc) is 2.49. The molecular weight excluding hydrogens is 256 g/mol. The van der Waals surface area contributed by atoms with Gasteiger partial charge in [-0.1, -0.05) is 90.6 Å². The molecule has 0 unspecified atom stereocenters. The summed E-state index contributed by atoms with van der Waals surface area (Å²) in [6, 6.07) is 0. The smallest absolute Gasteiger partial charge is 0.155 e. The van der Waals surface area contributed by atoms with E-state index in [4.69, 9.17) is 0 Å². The monoisotopic (exact) mass is 294 g/mol. The molecule has 0 N–H and O–H groups in total. The summed E-state index contributed by atoms with van der Waals surface area (Å²) >= 11 is 0. The Balaban J connectivity index is 3.26. The first-order valence-electron chi connectivity index (χ1n) is 9.50. The predicted octanol–water partition coefficient (Wildman–Crippen LogP) is 7.00. The first kappa shape index (κ1) is 20.4. The van der Waals surface area contributed by atoms with Crippen LogP contribution < -0.4 is 0 Å². The van der Waals surface area contributed by atoms with Gasteiger partial charge in [0.1, 0.15) is 0 Å². The van der Waals surface area contributed by atoms with Crippen molar-refractivity contribution in [3.8, 4) is 0 Å². The molecule has 0 saturated carbocycles. The van der Waals surface area contributed by atoms with E-state index in [1.54, 1.807) is 0 Å². The molecule has 0 saturated heterocycles. The van der Waals surface area contributed by atoms with Crippen molar-refractivity contribution in [2.45, 2.75) is 110 Å². The van der Waals surface area contributed by atoms with Crippen molar-refractivity contribution in [2.75, 3.05) is 0 Å². The van der Waals surface area contributed by atoms with E-state index in [2.05, 4.69) is 19.9 Å². The Morgan fingerprint density at radius 1 is 0.667 bits per heavy atom. The minimum Gasteiger partial charge on any atom is -0.295 e. The number of hydrogen-bond acceptors (Lipinski definition) is 1. The van der Waals surface area contributed by atoms with E-state index in [0.717, 1.165) is 19.3 Å². The standard InChI is InChI=1S/C20H38O/c1-3-5-7-9-11-13-15-17-19-20(21)18-16-14-12-10-8-6-4-2/h17,19H,3-16,18H2,1-2H3/b19-17+. The highest BCUT2D eigenvalue weighted by Gasteiger charge is 1.97. The van der Waals surface area contributed by atoms with E-state index >= 15 is 0 Å². The van der Waals surface area contributed by atoms with Gasteiger partial charge in [0.2, 0.25) is 0 Å². The van der Waals surface area contributed by atoms with Gasteiger partial charge in [0.05, 0.1) is 0 Å². The molecule has 0 atom stereocenters. The van der Waals surface area contributed by atoms with Crippen LogP contribution in [-0.4, -0.2) is 5.78 Å². The van der Waals surface area contributed by atoms with Crippen LogP contribution >= 0.6 is 0 Å². The lowest BCUT2D eigenvalue weighted by Gasteiger charge is -2.00. The number of carbonyl (C=O) groups excluding carboxylic acids is 1. The van der Waals surface area contributed by atoms with Gasteiger partial charge in [-0.15, -0.1) is 0 Å². The molecule has 1 nitrogen and oxygen atoms in total. The van der Waals surface area contributed by atoms with Gasteiger partial charge in [-0.05, 0) is 25.3 Å². The minimum absolute atomic E-state index is 0.328. The summed E-state index contributed by atoms with van der Waals surface area (Å²) < 4.78 is 0. The zero-order valence-electron chi connectivity index (χ0n) is 14.7. The molecule has 0 amide bonds. The van der Waals surface area contributed by atoms with Crippen LogP contribution in [0.2, 0.25) is 0 Å². The highest BCUT2D eigenvalue weighted by molar-refractivity contribution is 5.89. The molecule has 124 valence electrons. The van der Waals surface area contributed by atoms with Crippen molar-refractivity contribution < 1.29 is 4.79 Å². The van der Waals surface area contributed by atoms with E-state index < -0.39 is 0 Å². The number of rotatable bonds is 16. The van der Waals surface area contributed by atoms with Crippen LogP contribution in [-0.2, 0) is 4.79 Å². The van der Waals surface area contributed by atoms with Crippen molar-refractivity contribution in [2.24, 2.45) is 0 Å².